The Morgan fingerprint density at radius 1 is 1.29 bits per heavy atom. The van der Waals surface area contributed by atoms with Crippen molar-refractivity contribution in [1.82, 2.24) is 14.7 Å². The number of rotatable bonds is 4. The van der Waals surface area contributed by atoms with E-state index in [4.69, 9.17) is 9.47 Å². The molecule has 4 rings (SSSR count). The van der Waals surface area contributed by atoms with Crippen molar-refractivity contribution < 1.29 is 14.3 Å². The summed E-state index contributed by atoms with van der Waals surface area (Å²) in [5, 5.41) is 7.48. The van der Waals surface area contributed by atoms with Crippen molar-refractivity contribution in [1.29, 1.82) is 0 Å². The molecule has 0 radical (unpaired) electrons. The number of carbonyl (C=O) groups excluding carboxylic acids is 1. The molecule has 2 saturated heterocycles. The van der Waals surface area contributed by atoms with Gasteiger partial charge in [-0.3, -0.25) is 9.69 Å². The number of nitrogens with one attached hydrogen (secondary N) is 1. The van der Waals surface area contributed by atoms with Crippen LogP contribution in [0.1, 0.15) is 38.1 Å². The maximum absolute atomic E-state index is 12.6. The molecule has 1 aromatic rings. The van der Waals surface area contributed by atoms with Crippen LogP contribution in [0.25, 0.3) is 0 Å². The van der Waals surface area contributed by atoms with Crippen LogP contribution in [0.4, 0.5) is 5.82 Å². The third-order valence-corrected chi connectivity index (χ3v) is 5.57. The van der Waals surface area contributed by atoms with Gasteiger partial charge in [0.2, 0.25) is 5.91 Å². The lowest BCUT2D eigenvalue weighted by atomic mass is 9.96. The molecule has 1 aliphatic carbocycles. The summed E-state index contributed by atoms with van der Waals surface area (Å²) in [6, 6.07) is 2.32. The van der Waals surface area contributed by atoms with Gasteiger partial charge in [0.15, 0.2) is 0 Å². The third kappa shape index (κ3) is 3.08. The molecule has 1 saturated carbocycles. The first kappa shape index (κ1) is 16.1. The van der Waals surface area contributed by atoms with Crippen LogP contribution < -0.4 is 5.32 Å². The number of ether oxygens (including phenoxy) is 2. The molecule has 7 heteroatoms. The van der Waals surface area contributed by atoms with E-state index in [2.05, 4.69) is 15.3 Å². The number of hydrogen-bond donors (Lipinski definition) is 1. The van der Waals surface area contributed by atoms with E-state index in [1.54, 1.807) is 6.20 Å². The van der Waals surface area contributed by atoms with E-state index in [1.807, 2.05) is 10.7 Å². The fourth-order valence-corrected chi connectivity index (χ4v) is 4.18. The number of nitrogens with zero attached hydrogens (tertiary/aromatic N) is 3. The van der Waals surface area contributed by atoms with E-state index in [0.29, 0.717) is 32.4 Å². The second-order valence-electron chi connectivity index (χ2n) is 7.15. The first-order valence-electron chi connectivity index (χ1n) is 9.01. The predicted molar refractivity (Wildman–Crippen MR) is 88.9 cm³/mol. The minimum atomic E-state index is -0.124. The van der Waals surface area contributed by atoms with Crippen LogP contribution in [0, 0.1) is 0 Å². The van der Waals surface area contributed by atoms with Gasteiger partial charge < -0.3 is 14.8 Å². The Labute approximate surface area is 142 Å². The summed E-state index contributed by atoms with van der Waals surface area (Å²) in [4.78, 5) is 14.8. The molecule has 0 aromatic carbocycles. The first-order valence-corrected chi connectivity index (χ1v) is 9.01. The van der Waals surface area contributed by atoms with Crippen molar-refractivity contribution in [3.8, 4) is 0 Å². The molecule has 1 atom stereocenters. The van der Waals surface area contributed by atoms with Crippen molar-refractivity contribution in [3.63, 3.8) is 0 Å². The summed E-state index contributed by atoms with van der Waals surface area (Å²) in [7, 11) is 0. The molecular formula is C17H26N4O3. The molecule has 3 aliphatic rings. The molecule has 2 aliphatic heterocycles. The zero-order valence-electron chi connectivity index (χ0n) is 14.1. The zero-order valence-corrected chi connectivity index (χ0v) is 14.1. The average molecular weight is 334 g/mol. The van der Waals surface area contributed by atoms with Gasteiger partial charge in [-0.15, -0.1) is 0 Å². The average Bonchev–Trinajstić information content (AvgIpc) is 3.31. The maximum atomic E-state index is 12.6. The smallest absolute Gasteiger partial charge is 0.239 e. The predicted octanol–water partition coefficient (Wildman–Crippen LogP) is 1.43. The van der Waals surface area contributed by atoms with Crippen molar-refractivity contribution >= 4 is 11.7 Å². The van der Waals surface area contributed by atoms with E-state index in [-0.39, 0.29) is 11.4 Å². The van der Waals surface area contributed by atoms with Crippen LogP contribution in [-0.4, -0.2) is 65.6 Å². The van der Waals surface area contributed by atoms with Gasteiger partial charge in [-0.05, 0) is 19.3 Å². The Bertz CT molecular complexity index is 576. The highest BCUT2D eigenvalue weighted by Crippen LogP contribution is 2.32. The number of anilines is 1. The standard InChI is InChI=1S/C17H26N4O3/c22-16(11-20-8-10-24-13-17(20)6-9-23-12-17)19-15-5-7-18-21(15)14-3-1-2-4-14/h5,7,14H,1-4,6,8-13H2,(H,19,22). The van der Waals surface area contributed by atoms with E-state index >= 15 is 0 Å². The normalized spacial score (nSPS) is 28.7. The molecule has 24 heavy (non-hydrogen) atoms. The highest BCUT2D eigenvalue weighted by atomic mass is 16.5. The summed E-state index contributed by atoms with van der Waals surface area (Å²) in [6.45, 7) is 3.88. The highest BCUT2D eigenvalue weighted by molar-refractivity contribution is 5.91. The Morgan fingerprint density at radius 3 is 2.88 bits per heavy atom. The van der Waals surface area contributed by atoms with Crippen LogP contribution in [0.2, 0.25) is 0 Å². The topological polar surface area (TPSA) is 68.6 Å². The molecule has 1 spiro atoms. The largest absolute Gasteiger partial charge is 0.379 e. The van der Waals surface area contributed by atoms with Gasteiger partial charge in [0, 0.05) is 19.2 Å². The monoisotopic (exact) mass is 334 g/mol. The summed E-state index contributed by atoms with van der Waals surface area (Å²) in [6.07, 6.45) is 7.49. The van der Waals surface area contributed by atoms with Crippen LogP contribution in [0.3, 0.4) is 0 Å². The van der Waals surface area contributed by atoms with Crippen LogP contribution in [0.5, 0.6) is 0 Å². The lowest BCUT2D eigenvalue weighted by Crippen LogP contribution is -2.59. The van der Waals surface area contributed by atoms with Crippen molar-refractivity contribution in [3.05, 3.63) is 12.3 Å². The molecule has 1 N–H and O–H groups in total. The molecule has 1 amide bonds. The van der Waals surface area contributed by atoms with Crippen LogP contribution in [-0.2, 0) is 14.3 Å². The number of carbonyl (C=O) groups is 1. The van der Waals surface area contributed by atoms with Gasteiger partial charge in [-0.25, -0.2) is 4.68 Å². The quantitative estimate of drug-likeness (QED) is 0.902. The highest BCUT2D eigenvalue weighted by Gasteiger charge is 2.43. The SMILES string of the molecule is O=C(CN1CCOCC12CCOC2)Nc1ccnn1C1CCCC1. The lowest BCUT2D eigenvalue weighted by molar-refractivity contribution is -0.124. The molecule has 1 unspecified atom stereocenters. The van der Waals surface area contributed by atoms with Crippen LogP contribution in [0.15, 0.2) is 12.3 Å². The lowest BCUT2D eigenvalue weighted by Gasteiger charge is -2.43. The van der Waals surface area contributed by atoms with Gasteiger partial charge in [0.1, 0.15) is 5.82 Å². The summed E-state index contributed by atoms with van der Waals surface area (Å²) < 4.78 is 13.2. The Morgan fingerprint density at radius 2 is 2.08 bits per heavy atom. The fourth-order valence-electron chi connectivity index (χ4n) is 4.18. The number of amides is 1. The van der Waals surface area contributed by atoms with Gasteiger partial charge in [-0.2, -0.15) is 5.10 Å². The fraction of sp³-hybridized carbons (Fsp3) is 0.765. The third-order valence-electron chi connectivity index (χ3n) is 5.57. The molecule has 0 bridgehead atoms. The minimum absolute atomic E-state index is 0.0166. The van der Waals surface area contributed by atoms with E-state index in [9.17, 15) is 4.79 Å². The maximum Gasteiger partial charge on any atom is 0.239 e. The van der Waals surface area contributed by atoms with Crippen molar-refractivity contribution in [2.45, 2.75) is 43.7 Å². The van der Waals surface area contributed by atoms with E-state index in [1.165, 1.54) is 12.8 Å². The molecular weight excluding hydrogens is 308 g/mol. The second-order valence-corrected chi connectivity index (χ2v) is 7.15. The molecule has 132 valence electrons. The summed E-state index contributed by atoms with van der Waals surface area (Å²) >= 11 is 0. The Kier molecular flexibility index (Phi) is 4.56. The molecule has 3 fully saturated rings. The second kappa shape index (κ2) is 6.82. The molecule has 1 aromatic heterocycles. The summed E-state index contributed by atoms with van der Waals surface area (Å²) in [5.41, 5.74) is -0.124. The van der Waals surface area contributed by atoms with Gasteiger partial charge in [-0.1, -0.05) is 12.8 Å². The van der Waals surface area contributed by atoms with E-state index < -0.39 is 0 Å². The molecule has 7 nitrogen and oxygen atoms in total. The van der Waals surface area contributed by atoms with Gasteiger partial charge in [0.05, 0.1) is 44.1 Å². The van der Waals surface area contributed by atoms with Crippen molar-refractivity contribution in [2.24, 2.45) is 0 Å². The molecule has 3 heterocycles. The number of morpholine rings is 1. The Hall–Kier alpha value is -1.44. The minimum Gasteiger partial charge on any atom is -0.379 e. The first-order chi connectivity index (χ1) is 11.8. The van der Waals surface area contributed by atoms with E-state index in [0.717, 1.165) is 38.2 Å². The summed E-state index contributed by atoms with van der Waals surface area (Å²) in [5.74, 6) is 0.833. The number of hydrogen-bond acceptors (Lipinski definition) is 5. The van der Waals surface area contributed by atoms with Crippen LogP contribution >= 0.6 is 0 Å². The van der Waals surface area contributed by atoms with Crippen molar-refractivity contribution in [2.75, 3.05) is 44.8 Å². The van der Waals surface area contributed by atoms with Gasteiger partial charge in [0.25, 0.3) is 0 Å². The zero-order chi connectivity index (χ0) is 16.4. The van der Waals surface area contributed by atoms with Gasteiger partial charge >= 0.3 is 0 Å². The number of aromatic nitrogens is 2. The Balaban J connectivity index is 1.40.